The second-order valence-corrected chi connectivity index (χ2v) is 7.31. The largest absolute Gasteiger partial charge is 0.379 e. The first-order chi connectivity index (χ1) is 10.6. The molecule has 0 saturated carbocycles. The standard InChI is InChI=1S/C14H22N4O3S/c19-22(20,18-7-9-21-10-8-18)16-12-13-3-4-14(15-11-13)17-5-1-2-6-17/h3-4,11,16H,1-2,5-10,12H2. The number of aromatic nitrogens is 1. The topological polar surface area (TPSA) is 74.8 Å². The number of hydrogen-bond donors (Lipinski definition) is 1. The van der Waals surface area contributed by atoms with Gasteiger partial charge < -0.3 is 9.64 Å². The molecule has 2 aliphatic heterocycles. The van der Waals surface area contributed by atoms with Crippen molar-refractivity contribution in [2.75, 3.05) is 44.3 Å². The van der Waals surface area contributed by atoms with E-state index in [2.05, 4.69) is 14.6 Å². The summed E-state index contributed by atoms with van der Waals surface area (Å²) in [4.78, 5) is 6.68. The van der Waals surface area contributed by atoms with Crippen LogP contribution in [0.4, 0.5) is 5.82 Å². The summed E-state index contributed by atoms with van der Waals surface area (Å²) in [5.74, 6) is 0.970. The van der Waals surface area contributed by atoms with Crippen LogP contribution in [0.3, 0.4) is 0 Å². The molecular formula is C14H22N4O3S. The fraction of sp³-hybridized carbons (Fsp3) is 0.643. The molecule has 0 amide bonds. The minimum absolute atomic E-state index is 0.257. The highest BCUT2D eigenvalue weighted by molar-refractivity contribution is 7.87. The van der Waals surface area contributed by atoms with Gasteiger partial charge in [0.1, 0.15) is 5.82 Å². The van der Waals surface area contributed by atoms with Crippen molar-refractivity contribution in [2.24, 2.45) is 0 Å². The predicted octanol–water partition coefficient (Wildman–Crippen LogP) is 0.348. The molecule has 3 rings (SSSR count). The molecule has 2 saturated heterocycles. The highest BCUT2D eigenvalue weighted by atomic mass is 32.2. The van der Waals surface area contributed by atoms with Crippen LogP contribution in [0.5, 0.6) is 0 Å². The Kier molecular flexibility index (Phi) is 4.92. The number of pyridine rings is 1. The summed E-state index contributed by atoms with van der Waals surface area (Å²) in [6, 6.07) is 3.90. The second-order valence-electron chi connectivity index (χ2n) is 5.56. The Morgan fingerprint density at radius 2 is 1.86 bits per heavy atom. The first kappa shape index (κ1) is 15.7. The fourth-order valence-corrected chi connectivity index (χ4v) is 3.87. The van der Waals surface area contributed by atoms with Gasteiger partial charge in [0.25, 0.3) is 10.2 Å². The minimum Gasteiger partial charge on any atom is -0.379 e. The molecule has 3 heterocycles. The van der Waals surface area contributed by atoms with E-state index in [4.69, 9.17) is 4.74 Å². The molecule has 1 N–H and O–H groups in total. The van der Waals surface area contributed by atoms with E-state index in [0.29, 0.717) is 26.3 Å². The number of morpholine rings is 1. The molecule has 1 aromatic rings. The monoisotopic (exact) mass is 326 g/mol. The van der Waals surface area contributed by atoms with Gasteiger partial charge in [0.2, 0.25) is 0 Å². The maximum atomic E-state index is 12.2. The minimum atomic E-state index is -3.44. The predicted molar refractivity (Wildman–Crippen MR) is 83.8 cm³/mol. The second kappa shape index (κ2) is 6.91. The zero-order valence-corrected chi connectivity index (χ0v) is 13.4. The van der Waals surface area contributed by atoms with E-state index >= 15 is 0 Å². The van der Waals surface area contributed by atoms with Crippen LogP contribution >= 0.6 is 0 Å². The molecule has 0 unspecified atom stereocenters. The number of anilines is 1. The lowest BCUT2D eigenvalue weighted by Gasteiger charge is -2.26. The molecule has 0 aromatic carbocycles. The quantitative estimate of drug-likeness (QED) is 0.845. The van der Waals surface area contributed by atoms with Gasteiger partial charge in [-0.3, -0.25) is 0 Å². The average molecular weight is 326 g/mol. The SMILES string of the molecule is O=S(=O)(NCc1ccc(N2CCCC2)nc1)N1CCOCC1. The highest BCUT2D eigenvalue weighted by Gasteiger charge is 2.23. The van der Waals surface area contributed by atoms with Crippen LogP contribution in [-0.2, 0) is 21.5 Å². The Morgan fingerprint density at radius 3 is 2.50 bits per heavy atom. The zero-order chi connectivity index (χ0) is 15.4. The summed E-state index contributed by atoms with van der Waals surface area (Å²) in [6.07, 6.45) is 4.17. The van der Waals surface area contributed by atoms with Gasteiger partial charge in [0, 0.05) is 38.9 Å². The van der Waals surface area contributed by atoms with Crippen molar-refractivity contribution < 1.29 is 13.2 Å². The van der Waals surface area contributed by atoms with Gasteiger partial charge in [-0.05, 0) is 24.5 Å². The van der Waals surface area contributed by atoms with Gasteiger partial charge in [0.15, 0.2) is 0 Å². The summed E-state index contributed by atoms with van der Waals surface area (Å²) < 4.78 is 33.5. The summed E-state index contributed by atoms with van der Waals surface area (Å²) in [6.45, 7) is 4.07. The van der Waals surface area contributed by atoms with Gasteiger partial charge in [-0.15, -0.1) is 0 Å². The lowest BCUT2D eigenvalue weighted by atomic mass is 10.3. The Morgan fingerprint density at radius 1 is 1.14 bits per heavy atom. The number of nitrogens with one attached hydrogen (secondary N) is 1. The molecule has 0 aliphatic carbocycles. The Bertz CT molecular complexity index is 579. The van der Waals surface area contributed by atoms with Crippen molar-refractivity contribution in [3.8, 4) is 0 Å². The number of rotatable bonds is 5. The molecule has 0 atom stereocenters. The molecule has 8 heteroatoms. The third-order valence-electron chi connectivity index (χ3n) is 4.01. The molecule has 2 aliphatic rings. The maximum Gasteiger partial charge on any atom is 0.279 e. The van der Waals surface area contributed by atoms with E-state index in [1.165, 1.54) is 17.1 Å². The number of nitrogens with zero attached hydrogens (tertiary/aromatic N) is 3. The summed E-state index contributed by atoms with van der Waals surface area (Å²) in [7, 11) is -3.44. The van der Waals surface area contributed by atoms with Crippen molar-refractivity contribution in [1.82, 2.24) is 14.0 Å². The first-order valence-corrected chi connectivity index (χ1v) is 9.11. The van der Waals surface area contributed by atoms with Crippen LogP contribution in [0.1, 0.15) is 18.4 Å². The van der Waals surface area contributed by atoms with Crippen molar-refractivity contribution >= 4 is 16.0 Å². The molecule has 0 radical (unpaired) electrons. The molecule has 2 fully saturated rings. The van der Waals surface area contributed by atoms with Crippen LogP contribution in [0, 0.1) is 0 Å². The summed E-state index contributed by atoms with van der Waals surface area (Å²) in [5, 5.41) is 0. The lowest BCUT2D eigenvalue weighted by Crippen LogP contribution is -2.46. The van der Waals surface area contributed by atoms with Crippen molar-refractivity contribution in [3.05, 3.63) is 23.9 Å². The van der Waals surface area contributed by atoms with Crippen LogP contribution in [0.2, 0.25) is 0 Å². The highest BCUT2D eigenvalue weighted by Crippen LogP contribution is 2.17. The smallest absolute Gasteiger partial charge is 0.279 e. The third-order valence-corrected chi connectivity index (χ3v) is 5.56. The van der Waals surface area contributed by atoms with Crippen LogP contribution in [-0.4, -0.2) is 57.1 Å². The zero-order valence-electron chi connectivity index (χ0n) is 12.6. The van der Waals surface area contributed by atoms with E-state index in [9.17, 15) is 8.42 Å². The van der Waals surface area contributed by atoms with Crippen LogP contribution in [0.25, 0.3) is 0 Å². The molecule has 22 heavy (non-hydrogen) atoms. The molecule has 0 bridgehead atoms. The fourth-order valence-electron chi connectivity index (χ4n) is 2.71. The van der Waals surface area contributed by atoms with Crippen molar-refractivity contribution in [3.63, 3.8) is 0 Å². The van der Waals surface area contributed by atoms with E-state index in [1.807, 2.05) is 12.1 Å². The lowest BCUT2D eigenvalue weighted by molar-refractivity contribution is 0.0725. The molecular weight excluding hydrogens is 304 g/mol. The summed E-state index contributed by atoms with van der Waals surface area (Å²) >= 11 is 0. The molecule has 1 aromatic heterocycles. The third kappa shape index (κ3) is 3.75. The van der Waals surface area contributed by atoms with Gasteiger partial charge in [0.05, 0.1) is 13.2 Å². The Hall–Kier alpha value is -1.22. The van der Waals surface area contributed by atoms with Crippen LogP contribution in [0.15, 0.2) is 18.3 Å². The van der Waals surface area contributed by atoms with Gasteiger partial charge in [-0.25, -0.2) is 4.98 Å². The Labute approximate surface area is 131 Å². The van der Waals surface area contributed by atoms with Gasteiger partial charge >= 0.3 is 0 Å². The molecule has 122 valence electrons. The number of hydrogen-bond acceptors (Lipinski definition) is 5. The summed E-state index contributed by atoms with van der Waals surface area (Å²) in [5.41, 5.74) is 0.861. The van der Waals surface area contributed by atoms with E-state index in [-0.39, 0.29) is 6.54 Å². The molecule has 7 nitrogen and oxygen atoms in total. The van der Waals surface area contributed by atoms with Gasteiger partial charge in [-0.1, -0.05) is 6.07 Å². The van der Waals surface area contributed by atoms with Gasteiger partial charge in [-0.2, -0.15) is 17.4 Å². The van der Waals surface area contributed by atoms with E-state index in [1.54, 1.807) is 6.20 Å². The van der Waals surface area contributed by atoms with Crippen molar-refractivity contribution in [2.45, 2.75) is 19.4 Å². The number of ether oxygens (including phenoxy) is 1. The normalized spacial score (nSPS) is 20.5. The average Bonchev–Trinajstić information content (AvgIpc) is 3.09. The van der Waals surface area contributed by atoms with Crippen LogP contribution < -0.4 is 9.62 Å². The molecule has 0 spiro atoms. The van der Waals surface area contributed by atoms with Crippen molar-refractivity contribution in [1.29, 1.82) is 0 Å². The Balaban J connectivity index is 1.56. The maximum absolute atomic E-state index is 12.2. The van der Waals surface area contributed by atoms with E-state index in [0.717, 1.165) is 24.5 Å². The van der Waals surface area contributed by atoms with E-state index < -0.39 is 10.2 Å². The first-order valence-electron chi connectivity index (χ1n) is 7.67.